The second kappa shape index (κ2) is 9.79. The van der Waals surface area contributed by atoms with E-state index in [0.29, 0.717) is 54.8 Å². The van der Waals surface area contributed by atoms with Crippen molar-refractivity contribution in [3.8, 4) is 5.69 Å². The molecule has 5 rings (SSSR count). The van der Waals surface area contributed by atoms with Gasteiger partial charge in [-0.05, 0) is 42.9 Å². The summed E-state index contributed by atoms with van der Waals surface area (Å²) >= 11 is 1.38. The number of hydrogen-bond acceptors (Lipinski definition) is 6. The number of aromatic nitrogens is 3. The van der Waals surface area contributed by atoms with E-state index in [1.807, 2.05) is 15.5 Å². The Bertz CT molecular complexity index is 948. The first-order valence-electron chi connectivity index (χ1n) is 11.6. The Labute approximate surface area is 192 Å². The van der Waals surface area contributed by atoms with Crippen molar-refractivity contribution in [2.24, 2.45) is 11.8 Å². The number of carbonyl (C=O) groups is 1. The predicted octanol–water partition coefficient (Wildman–Crippen LogP) is 3.37. The van der Waals surface area contributed by atoms with Crippen LogP contribution in [-0.4, -0.2) is 70.7 Å². The number of carbonyl (C=O) groups excluding carboxylic acids is 1. The van der Waals surface area contributed by atoms with Crippen LogP contribution < -0.4 is 4.90 Å². The molecule has 1 saturated carbocycles. The normalized spacial score (nSPS) is 23.8. The van der Waals surface area contributed by atoms with Crippen LogP contribution in [0.25, 0.3) is 5.69 Å². The molecule has 1 amide bonds. The molecule has 9 heteroatoms. The summed E-state index contributed by atoms with van der Waals surface area (Å²) < 4.78 is 21.3. The van der Waals surface area contributed by atoms with Crippen LogP contribution >= 0.6 is 11.8 Å². The van der Waals surface area contributed by atoms with E-state index in [1.165, 1.54) is 49.6 Å². The van der Waals surface area contributed by atoms with Crippen LogP contribution in [0.3, 0.4) is 0 Å². The molecule has 3 aliphatic rings. The number of piperidine rings is 1. The number of nitrogens with zero attached hydrogens (tertiary/aromatic N) is 5. The van der Waals surface area contributed by atoms with E-state index in [-0.39, 0.29) is 11.7 Å². The Morgan fingerprint density at radius 1 is 1.09 bits per heavy atom. The van der Waals surface area contributed by atoms with Gasteiger partial charge >= 0.3 is 0 Å². The van der Waals surface area contributed by atoms with Gasteiger partial charge in [-0.25, -0.2) is 4.39 Å². The lowest BCUT2D eigenvalue weighted by molar-refractivity contribution is -0.131. The molecule has 172 valence electrons. The van der Waals surface area contributed by atoms with Crippen molar-refractivity contribution in [2.45, 2.75) is 37.3 Å². The third-order valence-corrected chi connectivity index (χ3v) is 7.86. The molecule has 1 aliphatic carbocycles. The van der Waals surface area contributed by atoms with Gasteiger partial charge in [0.25, 0.3) is 0 Å². The highest BCUT2D eigenvalue weighted by atomic mass is 32.2. The average molecular weight is 460 g/mol. The number of ether oxygens (including phenoxy) is 1. The molecule has 1 aromatic carbocycles. The Balaban J connectivity index is 1.32. The molecule has 32 heavy (non-hydrogen) atoms. The molecule has 3 fully saturated rings. The van der Waals surface area contributed by atoms with Gasteiger partial charge in [0.15, 0.2) is 5.16 Å². The molecule has 1 aromatic heterocycles. The minimum Gasteiger partial charge on any atom is -0.378 e. The highest BCUT2D eigenvalue weighted by molar-refractivity contribution is 7.99. The predicted molar refractivity (Wildman–Crippen MR) is 122 cm³/mol. The summed E-state index contributed by atoms with van der Waals surface area (Å²) in [4.78, 5) is 17.1. The van der Waals surface area contributed by atoms with E-state index in [9.17, 15) is 9.18 Å². The molecule has 2 aromatic rings. The van der Waals surface area contributed by atoms with Gasteiger partial charge in [0, 0.05) is 26.2 Å². The first kappa shape index (κ1) is 21.7. The van der Waals surface area contributed by atoms with Gasteiger partial charge in [-0.2, -0.15) is 0 Å². The molecule has 0 bridgehead atoms. The third-order valence-electron chi connectivity index (χ3n) is 6.95. The molecule has 2 aliphatic heterocycles. The molecule has 0 radical (unpaired) electrons. The summed E-state index contributed by atoms with van der Waals surface area (Å²) in [5, 5.41) is 9.39. The lowest BCUT2D eigenvalue weighted by atomic mass is 9.75. The Hall–Kier alpha value is -2.13. The summed E-state index contributed by atoms with van der Waals surface area (Å²) in [6, 6.07) is 6.43. The van der Waals surface area contributed by atoms with Crippen molar-refractivity contribution in [3.05, 3.63) is 30.1 Å². The minimum absolute atomic E-state index is 0.153. The van der Waals surface area contributed by atoms with Crippen molar-refractivity contribution in [1.82, 2.24) is 19.7 Å². The highest BCUT2D eigenvalue weighted by Gasteiger charge is 2.33. The summed E-state index contributed by atoms with van der Waals surface area (Å²) in [5.74, 6) is 2.28. The molecule has 0 unspecified atom stereocenters. The standard InChI is InChI=1S/C23H30FN5O2S/c24-19-6-3-7-20(14-19)29-22(27-10-12-31-13-11-27)25-26-23(29)32-16-21(30)28-9-8-17-4-1-2-5-18(17)15-28/h3,6-7,14,17-18H,1-2,4-5,8-13,15-16H2/t17-,18-/m1/s1. The SMILES string of the molecule is O=C(CSc1nnc(N2CCOCC2)n1-c1cccc(F)c1)N1CC[C@H]2CCCC[C@@H]2C1. The fourth-order valence-corrected chi connectivity index (χ4v) is 6.06. The van der Waals surface area contributed by atoms with E-state index in [1.54, 1.807) is 6.07 Å². The van der Waals surface area contributed by atoms with Crippen molar-refractivity contribution in [3.63, 3.8) is 0 Å². The number of hydrogen-bond donors (Lipinski definition) is 0. The zero-order valence-electron chi connectivity index (χ0n) is 18.3. The van der Waals surface area contributed by atoms with Crippen LogP contribution in [0.2, 0.25) is 0 Å². The van der Waals surface area contributed by atoms with Crippen LogP contribution in [0.15, 0.2) is 29.4 Å². The minimum atomic E-state index is -0.313. The van der Waals surface area contributed by atoms with E-state index < -0.39 is 0 Å². The van der Waals surface area contributed by atoms with Crippen LogP contribution in [0.1, 0.15) is 32.1 Å². The van der Waals surface area contributed by atoms with Gasteiger partial charge in [0.2, 0.25) is 11.9 Å². The van der Waals surface area contributed by atoms with Crippen molar-refractivity contribution < 1.29 is 13.9 Å². The van der Waals surface area contributed by atoms with Crippen LogP contribution in [0, 0.1) is 17.7 Å². The summed E-state index contributed by atoms with van der Waals surface area (Å²) in [6.45, 7) is 4.39. The first-order valence-corrected chi connectivity index (χ1v) is 12.6. The molecule has 0 spiro atoms. The fourth-order valence-electron chi connectivity index (χ4n) is 5.21. The third kappa shape index (κ3) is 4.64. The molecule has 3 heterocycles. The largest absolute Gasteiger partial charge is 0.378 e. The van der Waals surface area contributed by atoms with Crippen LogP contribution in [0.4, 0.5) is 10.3 Å². The van der Waals surface area contributed by atoms with Gasteiger partial charge in [-0.3, -0.25) is 9.36 Å². The number of anilines is 1. The van der Waals surface area contributed by atoms with Gasteiger partial charge < -0.3 is 14.5 Å². The topological polar surface area (TPSA) is 63.5 Å². The number of morpholine rings is 1. The number of fused-ring (bicyclic) bond motifs is 1. The lowest BCUT2D eigenvalue weighted by Gasteiger charge is -2.41. The number of halogens is 1. The number of likely N-dealkylation sites (tertiary alicyclic amines) is 1. The number of benzene rings is 1. The van der Waals surface area contributed by atoms with E-state index in [0.717, 1.165) is 25.4 Å². The Morgan fingerprint density at radius 2 is 1.91 bits per heavy atom. The first-order chi connectivity index (χ1) is 15.7. The molecule has 2 atom stereocenters. The average Bonchev–Trinajstić information content (AvgIpc) is 3.27. The summed E-state index contributed by atoms with van der Waals surface area (Å²) in [5.41, 5.74) is 0.662. The molecular formula is C23H30FN5O2S. The summed E-state index contributed by atoms with van der Waals surface area (Å²) in [6.07, 6.45) is 6.33. The van der Waals surface area contributed by atoms with Crippen molar-refractivity contribution in [2.75, 3.05) is 50.0 Å². The second-order valence-corrected chi connectivity index (χ2v) is 9.86. The summed E-state index contributed by atoms with van der Waals surface area (Å²) in [7, 11) is 0. The van der Waals surface area contributed by atoms with Crippen LogP contribution in [-0.2, 0) is 9.53 Å². The molecule has 0 N–H and O–H groups in total. The second-order valence-electron chi connectivity index (χ2n) is 8.92. The zero-order valence-corrected chi connectivity index (χ0v) is 19.1. The molecule has 7 nitrogen and oxygen atoms in total. The fraction of sp³-hybridized carbons (Fsp3) is 0.609. The van der Waals surface area contributed by atoms with Crippen molar-refractivity contribution in [1.29, 1.82) is 0 Å². The number of rotatable bonds is 5. The zero-order chi connectivity index (χ0) is 21.9. The van der Waals surface area contributed by atoms with Gasteiger partial charge in [-0.15, -0.1) is 10.2 Å². The maximum atomic E-state index is 14.0. The van der Waals surface area contributed by atoms with Crippen LogP contribution in [0.5, 0.6) is 0 Å². The maximum Gasteiger partial charge on any atom is 0.233 e. The smallest absolute Gasteiger partial charge is 0.233 e. The lowest BCUT2D eigenvalue weighted by Crippen LogP contribution is -2.45. The van der Waals surface area contributed by atoms with Gasteiger partial charge in [-0.1, -0.05) is 37.1 Å². The van der Waals surface area contributed by atoms with Gasteiger partial charge in [0.05, 0.1) is 24.7 Å². The monoisotopic (exact) mass is 459 g/mol. The maximum absolute atomic E-state index is 14.0. The molecule has 2 saturated heterocycles. The van der Waals surface area contributed by atoms with E-state index in [2.05, 4.69) is 15.1 Å². The number of amides is 1. The molecular weight excluding hydrogens is 429 g/mol. The van der Waals surface area contributed by atoms with Crippen molar-refractivity contribution >= 4 is 23.6 Å². The number of thioether (sulfide) groups is 1. The Kier molecular flexibility index (Phi) is 6.64. The quantitative estimate of drug-likeness (QED) is 0.639. The van der Waals surface area contributed by atoms with E-state index in [4.69, 9.17) is 4.74 Å². The highest BCUT2D eigenvalue weighted by Crippen LogP contribution is 2.36. The Morgan fingerprint density at radius 3 is 2.72 bits per heavy atom. The van der Waals surface area contributed by atoms with Gasteiger partial charge in [0.1, 0.15) is 5.82 Å². The van der Waals surface area contributed by atoms with E-state index >= 15 is 0 Å².